The topological polar surface area (TPSA) is 105 Å². The van der Waals surface area contributed by atoms with Crippen LogP contribution in [0.25, 0.3) is 0 Å². The van der Waals surface area contributed by atoms with E-state index in [2.05, 4.69) is 20.7 Å². The lowest BCUT2D eigenvalue weighted by Gasteiger charge is -2.19. The van der Waals surface area contributed by atoms with Gasteiger partial charge in [0.15, 0.2) is 0 Å². The molecule has 1 fully saturated rings. The maximum Gasteiger partial charge on any atom is 0.328 e. The van der Waals surface area contributed by atoms with Crippen LogP contribution < -0.4 is 4.74 Å². The Balaban J connectivity index is 0.000000279. The number of fused-ring (bicyclic) bond motifs is 1. The van der Waals surface area contributed by atoms with E-state index in [9.17, 15) is 9.59 Å². The summed E-state index contributed by atoms with van der Waals surface area (Å²) < 4.78 is 7.94. The fourth-order valence-electron chi connectivity index (χ4n) is 3.24. The first-order chi connectivity index (χ1) is 13.0. The van der Waals surface area contributed by atoms with Crippen molar-refractivity contribution in [2.24, 2.45) is 0 Å². The van der Waals surface area contributed by atoms with Gasteiger partial charge in [-0.3, -0.25) is 9.58 Å². The zero-order valence-corrected chi connectivity index (χ0v) is 15.7. The minimum Gasteiger partial charge on any atom is -0.478 e. The van der Waals surface area contributed by atoms with Crippen molar-refractivity contribution in [3.05, 3.63) is 23.9 Å². The van der Waals surface area contributed by atoms with Gasteiger partial charge in [-0.15, -0.1) is 5.10 Å². The third kappa shape index (κ3) is 8.25. The Morgan fingerprint density at radius 1 is 1.00 bits per heavy atom. The summed E-state index contributed by atoms with van der Waals surface area (Å²) in [6.07, 6.45) is 10.3. The molecule has 2 N–H and O–H groups in total. The number of aryl methyl sites for hydroxylation is 2. The number of rotatable bonds is 6. The molecule has 0 radical (unpaired) electrons. The fourth-order valence-corrected chi connectivity index (χ4v) is 3.24. The molecular formula is C19H29N3O5. The molecule has 2 aliphatic heterocycles. The summed E-state index contributed by atoms with van der Waals surface area (Å²) in [7, 11) is 0. The van der Waals surface area contributed by atoms with Gasteiger partial charge in [0.1, 0.15) is 6.61 Å². The predicted octanol–water partition coefficient (Wildman–Crippen LogP) is 2.19. The van der Waals surface area contributed by atoms with Crippen molar-refractivity contribution in [3.8, 4) is 5.88 Å². The molecule has 0 unspecified atom stereocenters. The summed E-state index contributed by atoms with van der Waals surface area (Å²) in [5.74, 6) is -1.69. The van der Waals surface area contributed by atoms with E-state index in [4.69, 9.17) is 14.9 Å². The van der Waals surface area contributed by atoms with E-state index in [1.54, 1.807) is 0 Å². The molecule has 3 heterocycles. The second-order valence-electron chi connectivity index (χ2n) is 6.77. The molecule has 3 rings (SSSR count). The molecule has 150 valence electrons. The molecule has 2 aliphatic rings. The molecule has 0 amide bonds. The first-order valence-electron chi connectivity index (χ1n) is 9.60. The molecular weight excluding hydrogens is 350 g/mol. The normalized spacial score (nSPS) is 17.5. The van der Waals surface area contributed by atoms with Crippen molar-refractivity contribution in [2.45, 2.75) is 51.5 Å². The number of nitrogens with zero attached hydrogens (tertiary/aromatic N) is 3. The van der Waals surface area contributed by atoms with Crippen molar-refractivity contribution in [3.63, 3.8) is 0 Å². The van der Waals surface area contributed by atoms with Crippen LogP contribution in [-0.2, 0) is 22.6 Å². The van der Waals surface area contributed by atoms with E-state index in [0.29, 0.717) is 12.2 Å². The third-order valence-corrected chi connectivity index (χ3v) is 4.62. The number of carbonyl (C=O) groups is 2. The highest BCUT2D eigenvalue weighted by Gasteiger charge is 2.13. The zero-order valence-electron chi connectivity index (χ0n) is 15.7. The van der Waals surface area contributed by atoms with Crippen LogP contribution in [0.2, 0.25) is 0 Å². The van der Waals surface area contributed by atoms with E-state index in [-0.39, 0.29) is 0 Å². The van der Waals surface area contributed by atoms with Crippen LogP contribution in [-0.4, -0.2) is 63.1 Å². The lowest BCUT2D eigenvalue weighted by molar-refractivity contribution is -0.134. The molecule has 0 saturated carbocycles. The summed E-state index contributed by atoms with van der Waals surface area (Å²) in [5, 5.41) is 20.2. The van der Waals surface area contributed by atoms with Gasteiger partial charge in [0.25, 0.3) is 0 Å². The smallest absolute Gasteiger partial charge is 0.328 e. The number of hydrogen-bond donors (Lipinski definition) is 2. The van der Waals surface area contributed by atoms with Crippen molar-refractivity contribution >= 4 is 11.9 Å². The van der Waals surface area contributed by atoms with Crippen molar-refractivity contribution in [1.29, 1.82) is 0 Å². The number of aromatic nitrogens is 2. The van der Waals surface area contributed by atoms with Gasteiger partial charge in [0.05, 0.1) is 0 Å². The molecule has 1 aromatic rings. The molecule has 1 aromatic heterocycles. The summed E-state index contributed by atoms with van der Waals surface area (Å²) in [6, 6.07) is 2.13. The first kappa shape index (κ1) is 21.0. The molecule has 1 saturated heterocycles. The van der Waals surface area contributed by atoms with E-state index in [0.717, 1.165) is 32.0 Å². The number of ether oxygens (including phenoxy) is 1. The van der Waals surface area contributed by atoms with E-state index in [1.165, 1.54) is 57.3 Å². The highest BCUT2D eigenvalue weighted by atomic mass is 16.5. The van der Waals surface area contributed by atoms with Crippen LogP contribution in [0.5, 0.6) is 5.88 Å². The maximum absolute atomic E-state index is 9.55. The Labute approximate surface area is 159 Å². The summed E-state index contributed by atoms with van der Waals surface area (Å²) >= 11 is 0. The van der Waals surface area contributed by atoms with Gasteiger partial charge in [-0.05, 0) is 45.2 Å². The fraction of sp³-hybridized carbons (Fsp3) is 0.632. The molecule has 27 heavy (non-hydrogen) atoms. The molecule has 0 bridgehead atoms. The Hall–Kier alpha value is -2.35. The summed E-state index contributed by atoms with van der Waals surface area (Å²) in [6.45, 7) is 5.36. The van der Waals surface area contributed by atoms with Crippen LogP contribution in [0.15, 0.2) is 18.2 Å². The van der Waals surface area contributed by atoms with Gasteiger partial charge in [-0.1, -0.05) is 12.8 Å². The standard InChI is InChI=1S/C15H25N3O.C4H4O4/c1-2-5-9-17(8-4-1)11-12-19-15-13-14-7-3-6-10-18(14)16-15;5-3(6)1-2-4(7)8/h13H,1-12H2;1-2H,(H,5,6)(H,7,8). The Morgan fingerprint density at radius 2 is 1.63 bits per heavy atom. The summed E-state index contributed by atoms with van der Waals surface area (Å²) in [5.41, 5.74) is 1.34. The second kappa shape index (κ2) is 11.4. The number of likely N-dealkylation sites (tertiary alicyclic amines) is 1. The van der Waals surface area contributed by atoms with Crippen molar-refractivity contribution < 1.29 is 24.5 Å². The molecule has 0 atom stereocenters. The Morgan fingerprint density at radius 3 is 2.22 bits per heavy atom. The number of carboxylic acid groups (broad SMARTS) is 2. The minimum absolute atomic E-state index is 0.558. The summed E-state index contributed by atoms with van der Waals surface area (Å²) in [4.78, 5) is 21.6. The van der Waals surface area contributed by atoms with Crippen LogP contribution in [0.4, 0.5) is 0 Å². The monoisotopic (exact) mass is 379 g/mol. The van der Waals surface area contributed by atoms with Gasteiger partial charge in [-0.2, -0.15) is 0 Å². The van der Waals surface area contributed by atoms with E-state index in [1.807, 2.05) is 0 Å². The van der Waals surface area contributed by atoms with Crippen LogP contribution in [0.1, 0.15) is 44.2 Å². The Bertz CT molecular complexity index is 594. The number of aliphatic carboxylic acids is 2. The first-order valence-corrected chi connectivity index (χ1v) is 9.60. The lowest BCUT2D eigenvalue weighted by Crippen LogP contribution is -2.29. The molecule has 0 spiro atoms. The zero-order chi connectivity index (χ0) is 19.5. The van der Waals surface area contributed by atoms with E-state index < -0.39 is 11.9 Å². The van der Waals surface area contributed by atoms with Gasteiger partial charge in [-0.25, -0.2) is 9.59 Å². The molecule has 0 aromatic carbocycles. The minimum atomic E-state index is -1.26. The van der Waals surface area contributed by atoms with E-state index >= 15 is 0 Å². The lowest BCUT2D eigenvalue weighted by atomic mass is 10.1. The third-order valence-electron chi connectivity index (χ3n) is 4.62. The number of carboxylic acids is 2. The highest BCUT2D eigenvalue weighted by molar-refractivity contribution is 5.89. The van der Waals surface area contributed by atoms with Gasteiger partial charge >= 0.3 is 11.9 Å². The van der Waals surface area contributed by atoms with Crippen molar-refractivity contribution in [2.75, 3.05) is 26.2 Å². The molecule has 8 nitrogen and oxygen atoms in total. The molecule has 8 heteroatoms. The SMILES string of the molecule is O=C(O)C=CC(=O)O.c1c(OCCN2CCCCCC2)nn2c1CCCC2. The van der Waals surface area contributed by atoms with Crippen molar-refractivity contribution in [1.82, 2.24) is 14.7 Å². The predicted molar refractivity (Wildman–Crippen MR) is 100.0 cm³/mol. The van der Waals surface area contributed by atoms with Gasteiger partial charge in [0.2, 0.25) is 5.88 Å². The van der Waals surface area contributed by atoms with Gasteiger partial charge < -0.3 is 14.9 Å². The van der Waals surface area contributed by atoms with Crippen LogP contribution >= 0.6 is 0 Å². The quantitative estimate of drug-likeness (QED) is 0.730. The molecule has 0 aliphatic carbocycles. The number of hydrogen-bond acceptors (Lipinski definition) is 5. The Kier molecular flexibility index (Phi) is 8.83. The highest BCUT2D eigenvalue weighted by Crippen LogP contribution is 2.19. The average molecular weight is 379 g/mol. The van der Waals surface area contributed by atoms with Crippen LogP contribution in [0.3, 0.4) is 0 Å². The van der Waals surface area contributed by atoms with Gasteiger partial charge in [0, 0.05) is 37.0 Å². The average Bonchev–Trinajstić information content (AvgIpc) is 2.87. The largest absolute Gasteiger partial charge is 0.478 e. The van der Waals surface area contributed by atoms with Crippen LogP contribution in [0, 0.1) is 0 Å². The maximum atomic E-state index is 9.55. The second-order valence-corrected chi connectivity index (χ2v) is 6.77.